The van der Waals surface area contributed by atoms with Gasteiger partial charge in [-0.25, -0.2) is 4.39 Å². The van der Waals surface area contributed by atoms with Crippen LogP contribution in [-0.2, 0) is 15.0 Å². The first-order chi connectivity index (χ1) is 11.5. The van der Waals surface area contributed by atoms with Gasteiger partial charge in [-0.15, -0.1) is 0 Å². The van der Waals surface area contributed by atoms with Crippen LogP contribution in [0.5, 0.6) is 0 Å². The lowest BCUT2D eigenvalue weighted by Gasteiger charge is -2.28. The molecule has 1 heterocycles. The Hall–Kier alpha value is -1.89. The Morgan fingerprint density at radius 1 is 1.29 bits per heavy atom. The van der Waals surface area contributed by atoms with Gasteiger partial charge in [0.2, 0.25) is 11.8 Å². The van der Waals surface area contributed by atoms with E-state index in [-0.39, 0.29) is 41.7 Å². The van der Waals surface area contributed by atoms with Crippen LogP contribution in [0, 0.1) is 5.82 Å². The lowest BCUT2D eigenvalue weighted by Crippen LogP contribution is -2.45. The van der Waals surface area contributed by atoms with Gasteiger partial charge in [-0.1, -0.05) is 36.7 Å². The van der Waals surface area contributed by atoms with Crippen molar-refractivity contribution in [3.05, 3.63) is 35.6 Å². The van der Waals surface area contributed by atoms with E-state index in [1.165, 1.54) is 12.1 Å². The van der Waals surface area contributed by atoms with Crippen molar-refractivity contribution in [2.24, 2.45) is 0 Å². The molecule has 3 rings (SSSR count). The number of rotatable bonds is 5. The second kappa shape index (κ2) is 6.93. The van der Waals surface area contributed by atoms with Gasteiger partial charge in [0.25, 0.3) is 5.24 Å². The maximum Gasteiger partial charge on any atom is 0.288 e. The largest absolute Gasteiger partial charge is 0.354 e. The van der Waals surface area contributed by atoms with Crippen molar-refractivity contribution in [1.82, 2.24) is 10.2 Å². The zero-order valence-corrected chi connectivity index (χ0v) is 14.0. The van der Waals surface area contributed by atoms with Gasteiger partial charge in [0.1, 0.15) is 5.82 Å². The molecule has 1 aliphatic heterocycles. The first kappa shape index (κ1) is 17.0. The molecule has 7 heteroatoms. The fourth-order valence-electron chi connectivity index (χ4n) is 3.46. The van der Waals surface area contributed by atoms with Crippen LogP contribution in [0.2, 0.25) is 0 Å². The van der Waals surface area contributed by atoms with Gasteiger partial charge in [0, 0.05) is 13.1 Å². The van der Waals surface area contributed by atoms with Crippen LogP contribution < -0.4 is 5.32 Å². The number of nitrogens with zero attached hydrogens (tertiary/aromatic N) is 1. The van der Waals surface area contributed by atoms with Crippen LogP contribution in [-0.4, -0.2) is 40.8 Å². The molecular weight excluding hydrogens is 331 g/mol. The highest BCUT2D eigenvalue weighted by atomic mass is 32.2. The minimum atomic E-state index is -0.712. The molecule has 2 aliphatic rings. The summed E-state index contributed by atoms with van der Waals surface area (Å²) in [6.45, 7) is 0.392. The zero-order chi connectivity index (χ0) is 17.2. The summed E-state index contributed by atoms with van der Waals surface area (Å²) < 4.78 is 13.6. The highest BCUT2D eigenvalue weighted by molar-refractivity contribution is 8.14. The summed E-state index contributed by atoms with van der Waals surface area (Å²) >= 11 is 0.978. The summed E-state index contributed by atoms with van der Waals surface area (Å²) in [5.74, 6) is -0.561. The zero-order valence-electron chi connectivity index (χ0n) is 13.2. The molecule has 1 saturated heterocycles. The molecule has 1 N–H and O–H groups in total. The molecule has 0 radical (unpaired) electrons. The SMILES string of the molecule is O=C1CSC(=O)N1CCNC(=O)C1(c2cccc(F)c2)CCCC1. The molecule has 24 heavy (non-hydrogen) atoms. The Balaban J connectivity index is 1.67. The molecule has 3 amide bonds. The molecule has 0 atom stereocenters. The van der Waals surface area contributed by atoms with E-state index in [2.05, 4.69) is 5.32 Å². The third-order valence-corrected chi connectivity index (χ3v) is 5.59. The smallest absolute Gasteiger partial charge is 0.288 e. The number of thioether (sulfide) groups is 1. The number of benzene rings is 1. The van der Waals surface area contributed by atoms with Gasteiger partial charge in [0.15, 0.2) is 0 Å². The quantitative estimate of drug-likeness (QED) is 0.886. The number of amides is 3. The van der Waals surface area contributed by atoms with Crippen LogP contribution in [0.15, 0.2) is 24.3 Å². The minimum Gasteiger partial charge on any atom is -0.354 e. The van der Waals surface area contributed by atoms with Crippen molar-refractivity contribution in [2.45, 2.75) is 31.1 Å². The van der Waals surface area contributed by atoms with E-state index in [0.717, 1.165) is 29.5 Å². The maximum absolute atomic E-state index is 13.6. The molecule has 0 bridgehead atoms. The van der Waals surface area contributed by atoms with Gasteiger partial charge in [-0.05, 0) is 30.5 Å². The number of halogens is 1. The van der Waals surface area contributed by atoms with Gasteiger partial charge < -0.3 is 5.32 Å². The summed E-state index contributed by atoms with van der Waals surface area (Å²) in [6, 6.07) is 6.20. The van der Waals surface area contributed by atoms with Gasteiger partial charge in [0.05, 0.1) is 11.2 Å². The van der Waals surface area contributed by atoms with E-state index in [0.29, 0.717) is 18.4 Å². The fraction of sp³-hybridized carbons (Fsp3) is 0.471. The standard InChI is InChI=1S/C17H19FN2O3S/c18-13-5-3-4-12(10-13)17(6-1-2-7-17)15(22)19-8-9-20-14(21)11-24-16(20)23/h3-5,10H,1-2,6-9,11H2,(H,19,22). The second-order valence-electron chi connectivity index (χ2n) is 6.16. The fourth-order valence-corrected chi connectivity index (χ4v) is 4.21. The van der Waals surface area contributed by atoms with Gasteiger partial charge in [-0.3, -0.25) is 19.3 Å². The number of hydrogen-bond acceptors (Lipinski definition) is 4. The van der Waals surface area contributed by atoms with Crippen LogP contribution in [0.1, 0.15) is 31.2 Å². The number of nitrogens with one attached hydrogen (secondary N) is 1. The van der Waals surface area contributed by atoms with E-state index in [9.17, 15) is 18.8 Å². The summed E-state index contributed by atoms with van der Waals surface area (Å²) in [6.07, 6.45) is 3.20. The normalized spacial score (nSPS) is 19.8. The van der Waals surface area contributed by atoms with Crippen molar-refractivity contribution >= 4 is 28.8 Å². The number of imide groups is 1. The van der Waals surface area contributed by atoms with Crippen LogP contribution >= 0.6 is 11.8 Å². The Morgan fingerprint density at radius 2 is 2.04 bits per heavy atom. The summed E-state index contributed by atoms with van der Waals surface area (Å²) in [4.78, 5) is 37.1. The molecule has 0 unspecified atom stereocenters. The highest BCUT2D eigenvalue weighted by Gasteiger charge is 2.42. The van der Waals surface area contributed by atoms with Crippen LogP contribution in [0.4, 0.5) is 9.18 Å². The Bertz CT molecular complexity index is 658. The van der Waals surface area contributed by atoms with Gasteiger partial charge in [-0.2, -0.15) is 0 Å². The summed E-state index contributed by atoms with van der Waals surface area (Å²) in [7, 11) is 0. The average Bonchev–Trinajstić information content (AvgIpc) is 3.17. The summed E-state index contributed by atoms with van der Waals surface area (Å²) in [5.41, 5.74) is -0.0167. The van der Waals surface area contributed by atoms with Crippen molar-refractivity contribution in [3.63, 3.8) is 0 Å². The molecule has 1 aromatic rings. The molecule has 0 spiro atoms. The third kappa shape index (κ3) is 3.17. The van der Waals surface area contributed by atoms with E-state index >= 15 is 0 Å². The number of carbonyl (C=O) groups excluding carboxylic acids is 3. The maximum atomic E-state index is 13.6. The monoisotopic (exact) mass is 350 g/mol. The van der Waals surface area contributed by atoms with E-state index < -0.39 is 5.41 Å². The Kier molecular flexibility index (Phi) is 4.89. The molecule has 5 nitrogen and oxygen atoms in total. The van der Waals surface area contributed by atoms with E-state index in [4.69, 9.17) is 0 Å². The third-order valence-electron chi connectivity index (χ3n) is 4.73. The first-order valence-corrected chi connectivity index (χ1v) is 9.03. The van der Waals surface area contributed by atoms with Crippen LogP contribution in [0.25, 0.3) is 0 Å². The van der Waals surface area contributed by atoms with E-state index in [1.807, 2.05) is 0 Å². The topological polar surface area (TPSA) is 66.5 Å². The van der Waals surface area contributed by atoms with Crippen molar-refractivity contribution in [2.75, 3.05) is 18.8 Å². The Labute approximate surface area is 144 Å². The van der Waals surface area contributed by atoms with E-state index in [1.54, 1.807) is 12.1 Å². The Morgan fingerprint density at radius 3 is 2.67 bits per heavy atom. The highest BCUT2D eigenvalue weighted by Crippen LogP contribution is 2.41. The predicted molar refractivity (Wildman–Crippen MR) is 89.1 cm³/mol. The molecule has 0 aromatic heterocycles. The van der Waals surface area contributed by atoms with Crippen LogP contribution in [0.3, 0.4) is 0 Å². The molecule has 128 valence electrons. The molecular formula is C17H19FN2O3S. The predicted octanol–water partition coefficient (Wildman–Crippen LogP) is 2.45. The van der Waals surface area contributed by atoms with Crippen molar-refractivity contribution < 1.29 is 18.8 Å². The van der Waals surface area contributed by atoms with Crippen molar-refractivity contribution in [3.8, 4) is 0 Å². The number of hydrogen-bond donors (Lipinski definition) is 1. The summed E-state index contributed by atoms with van der Waals surface area (Å²) in [5, 5.41) is 2.57. The molecule has 2 fully saturated rings. The molecule has 1 saturated carbocycles. The minimum absolute atomic E-state index is 0.155. The molecule has 1 aliphatic carbocycles. The van der Waals surface area contributed by atoms with Crippen molar-refractivity contribution in [1.29, 1.82) is 0 Å². The lowest BCUT2D eigenvalue weighted by atomic mass is 9.78. The van der Waals surface area contributed by atoms with Gasteiger partial charge >= 0.3 is 0 Å². The first-order valence-electron chi connectivity index (χ1n) is 8.04. The second-order valence-corrected chi connectivity index (χ2v) is 7.08. The number of carbonyl (C=O) groups is 3. The average molecular weight is 350 g/mol. The molecule has 1 aromatic carbocycles. The lowest BCUT2D eigenvalue weighted by molar-refractivity contribution is -0.128.